The first kappa shape index (κ1) is 15.8. The van der Waals surface area contributed by atoms with Gasteiger partial charge in [-0.05, 0) is 32.4 Å². The van der Waals surface area contributed by atoms with Crippen LogP contribution in [0.3, 0.4) is 0 Å². The third-order valence-corrected chi connectivity index (χ3v) is 4.08. The number of hydrogen-bond donors (Lipinski definition) is 2. The number of nitrogens with one attached hydrogen (secondary N) is 2. The van der Waals surface area contributed by atoms with Crippen molar-refractivity contribution >= 4 is 11.6 Å². The van der Waals surface area contributed by atoms with Gasteiger partial charge in [0, 0.05) is 31.4 Å². The number of nitrogens with zero attached hydrogens (tertiary/aromatic N) is 1. The average Bonchev–Trinajstić information content (AvgIpc) is 2.40. The zero-order chi connectivity index (χ0) is 15.6. The van der Waals surface area contributed by atoms with E-state index in [0.29, 0.717) is 12.6 Å². The lowest BCUT2D eigenvalue weighted by molar-refractivity contribution is -0.126. The fourth-order valence-electron chi connectivity index (χ4n) is 2.75. The number of anilines is 1. The summed E-state index contributed by atoms with van der Waals surface area (Å²) in [6, 6.07) is 6.92. The molecule has 1 aliphatic heterocycles. The zero-order valence-corrected chi connectivity index (χ0v) is 13.8. The first-order valence-electron chi connectivity index (χ1n) is 7.71. The summed E-state index contributed by atoms with van der Waals surface area (Å²) in [7, 11) is 0. The normalized spacial score (nSPS) is 18.0. The second kappa shape index (κ2) is 6.06. The maximum atomic E-state index is 12.2. The predicted molar refractivity (Wildman–Crippen MR) is 87.6 cm³/mol. The maximum absolute atomic E-state index is 12.2. The number of carbonyl (C=O) groups is 1. The first-order valence-corrected chi connectivity index (χ1v) is 7.71. The van der Waals surface area contributed by atoms with Gasteiger partial charge in [-0.15, -0.1) is 0 Å². The fourth-order valence-corrected chi connectivity index (χ4v) is 2.75. The molecule has 0 aromatic heterocycles. The molecule has 1 aliphatic rings. The van der Waals surface area contributed by atoms with E-state index in [1.807, 2.05) is 13.8 Å². The minimum absolute atomic E-state index is 0.0945. The molecule has 0 spiro atoms. The maximum Gasteiger partial charge on any atom is 0.245 e. The van der Waals surface area contributed by atoms with Crippen LogP contribution in [-0.2, 0) is 11.3 Å². The summed E-state index contributed by atoms with van der Waals surface area (Å²) in [5, 5.41) is 6.44. The molecule has 4 nitrogen and oxygen atoms in total. The summed E-state index contributed by atoms with van der Waals surface area (Å²) >= 11 is 0. The highest BCUT2D eigenvalue weighted by Crippen LogP contribution is 2.30. The quantitative estimate of drug-likeness (QED) is 0.893. The lowest BCUT2D eigenvalue weighted by Crippen LogP contribution is -2.62. The Hall–Kier alpha value is -1.55. The summed E-state index contributed by atoms with van der Waals surface area (Å²) in [5.74, 6) is 0.0945. The zero-order valence-electron chi connectivity index (χ0n) is 13.8. The van der Waals surface area contributed by atoms with Crippen LogP contribution in [0.4, 0.5) is 5.69 Å². The Morgan fingerprint density at radius 3 is 2.76 bits per heavy atom. The average molecular weight is 289 g/mol. The summed E-state index contributed by atoms with van der Waals surface area (Å²) in [4.78, 5) is 14.4. The van der Waals surface area contributed by atoms with Crippen molar-refractivity contribution in [3.8, 4) is 0 Å². The number of carbonyl (C=O) groups excluding carboxylic acids is 1. The van der Waals surface area contributed by atoms with Crippen LogP contribution in [0, 0.1) is 6.92 Å². The highest BCUT2D eigenvalue weighted by molar-refractivity contribution is 5.90. The van der Waals surface area contributed by atoms with Crippen LogP contribution in [0.1, 0.15) is 38.8 Å². The molecule has 1 saturated heterocycles. The van der Waals surface area contributed by atoms with Crippen molar-refractivity contribution in [1.82, 2.24) is 10.6 Å². The van der Waals surface area contributed by atoms with E-state index in [4.69, 9.17) is 0 Å². The van der Waals surface area contributed by atoms with E-state index in [0.717, 1.165) is 18.8 Å². The number of benzene rings is 1. The van der Waals surface area contributed by atoms with Gasteiger partial charge in [-0.2, -0.15) is 0 Å². The molecule has 2 rings (SSSR count). The molecule has 0 atom stereocenters. The lowest BCUT2D eigenvalue weighted by Gasteiger charge is -2.43. The van der Waals surface area contributed by atoms with E-state index in [1.54, 1.807) is 0 Å². The van der Waals surface area contributed by atoms with Crippen LogP contribution in [0.25, 0.3) is 0 Å². The molecule has 0 unspecified atom stereocenters. The number of rotatable bonds is 4. The molecule has 21 heavy (non-hydrogen) atoms. The third-order valence-electron chi connectivity index (χ3n) is 4.08. The van der Waals surface area contributed by atoms with Gasteiger partial charge >= 0.3 is 0 Å². The van der Waals surface area contributed by atoms with Gasteiger partial charge in [0.2, 0.25) is 5.91 Å². The second-order valence-electron chi connectivity index (χ2n) is 6.63. The number of aryl methyl sites for hydroxylation is 1. The van der Waals surface area contributed by atoms with Crippen molar-refractivity contribution in [2.24, 2.45) is 0 Å². The molecule has 0 aliphatic carbocycles. The van der Waals surface area contributed by atoms with Gasteiger partial charge in [0.15, 0.2) is 0 Å². The molecule has 0 saturated carbocycles. The van der Waals surface area contributed by atoms with Crippen LogP contribution in [-0.4, -0.2) is 30.6 Å². The Kier molecular flexibility index (Phi) is 4.57. The molecule has 1 heterocycles. The summed E-state index contributed by atoms with van der Waals surface area (Å²) in [5.41, 5.74) is 3.15. The molecule has 1 aromatic carbocycles. The van der Waals surface area contributed by atoms with Gasteiger partial charge in [-0.3, -0.25) is 4.79 Å². The van der Waals surface area contributed by atoms with Crippen molar-refractivity contribution in [3.63, 3.8) is 0 Å². The van der Waals surface area contributed by atoms with Crippen LogP contribution >= 0.6 is 0 Å². The van der Waals surface area contributed by atoms with Crippen molar-refractivity contribution in [1.29, 1.82) is 0 Å². The largest absolute Gasteiger partial charge is 0.355 e. The van der Waals surface area contributed by atoms with Crippen LogP contribution in [0.5, 0.6) is 0 Å². The number of piperazine rings is 1. The van der Waals surface area contributed by atoms with E-state index < -0.39 is 5.54 Å². The van der Waals surface area contributed by atoms with Gasteiger partial charge in [-0.25, -0.2) is 0 Å². The lowest BCUT2D eigenvalue weighted by atomic mass is 9.96. The van der Waals surface area contributed by atoms with E-state index in [2.05, 4.69) is 54.5 Å². The van der Waals surface area contributed by atoms with Crippen LogP contribution < -0.4 is 15.5 Å². The Labute approximate surface area is 127 Å². The Morgan fingerprint density at radius 1 is 1.38 bits per heavy atom. The number of hydrogen-bond acceptors (Lipinski definition) is 3. The summed E-state index contributed by atoms with van der Waals surface area (Å²) in [6.45, 7) is 12.7. The van der Waals surface area contributed by atoms with Crippen molar-refractivity contribution in [2.45, 2.75) is 52.7 Å². The highest BCUT2D eigenvalue weighted by Gasteiger charge is 2.38. The minimum Gasteiger partial charge on any atom is -0.355 e. The Balaban J connectivity index is 2.35. The highest BCUT2D eigenvalue weighted by atomic mass is 16.2. The van der Waals surface area contributed by atoms with E-state index in [-0.39, 0.29) is 5.91 Å². The predicted octanol–water partition coefficient (Wildman–Crippen LogP) is 2.21. The monoisotopic (exact) mass is 289 g/mol. The molecule has 0 bridgehead atoms. The van der Waals surface area contributed by atoms with Gasteiger partial charge in [0.25, 0.3) is 0 Å². The molecule has 0 radical (unpaired) electrons. The molecule has 1 aromatic rings. The minimum atomic E-state index is -0.514. The first-order chi connectivity index (χ1) is 9.82. The topological polar surface area (TPSA) is 44.4 Å². The van der Waals surface area contributed by atoms with Crippen molar-refractivity contribution in [2.75, 3.05) is 18.0 Å². The van der Waals surface area contributed by atoms with Gasteiger partial charge in [0.1, 0.15) is 5.54 Å². The second-order valence-corrected chi connectivity index (χ2v) is 6.63. The van der Waals surface area contributed by atoms with Crippen LogP contribution in [0.2, 0.25) is 0 Å². The molecule has 1 amide bonds. The van der Waals surface area contributed by atoms with Gasteiger partial charge < -0.3 is 15.5 Å². The standard InChI is InChI=1S/C17H27N3O/c1-12(2)19-11-14-10-13(3)6-7-15(14)20-9-8-18-16(21)17(20,4)5/h6-7,10,12,19H,8-9,11H2,1-5H3,(H,18,21). The van der Waals surface area contributed by atoms with E-state index >= 15 is 0 Å². The SMILES string of the molecule is Cc1ccc(N2CCNC(=O)C2(C)C)c(CNC(C)C)c1. The van der Waals surface area contributed by atoms with Crippen LogP contribution in [0.15, 0.2) is 18.2 Å². The molecular formula is C17H27N3O. The molecule has 1 fully saturated rings. The molecule has 2 N–H and O–H groups in total. The molecule has 116 valence electrons. The van der Waals surface area contributed by atoms with Crippen molar-refractivity contribution < 1.29 is 4.79 Å². The van der Waals surface area contributed by atoms with E-state index in [9.17, 15) is 4.79 Å². The third kappa shape index (κ3) is 3.38. The molecule has 4 heteroatoms. The molecular weight excluding hydrogens is 262 g/mol. The van der Waals surface area contributed by atoms with Gasteiger partial charge in [0.05, 0.1) is 0 Å². The number of amides is 1. The Bertz CT molecular complexity index is 523. The van der Waals surface area contributed by atoms with E-state index in [1.165, 1.54) is 11.1 Å². The smallest absolute Gasteiger partial charge is 0.245 e. The Morgan fingerprint density at radius 2 is 2.10 bits per heavy atom. The summed E-state index contributed by atoms with van der Waals surface area (Å²) < 4.78 is 0. The fraction of sp³-hybridized carbons (Fsp3) is 0.588. The van der Waals surface area contributed by atoms with Gasteiger partial charge in [-0.1, -0.05) is 31.5 Å². The summed E-state index contributed by atoms with van der Waals surface area (Å²) in [6.07, 6.45) is 0. The van der Waals surface area contributed by atoms with Crippen molar-refractivity contribution in [3.05, 3.63) is 29.3 Å².